The Morgan fingerprint density at radius 1 is 1.21 bits per heavy atom. The molecule has 4 nitrogen and oxygen atoms in total. The molecular formula is C20H24N3O. The molecule has 2 fully saturated rings. The highest BCUT2D eigenvalue weighted by atomic mass is 16.1. The first-order valence-electron chi connectivity index (χ1n) is 9.02. The van der Waals surface area contributed by atoms with E-state index in [4.69, 9.17) is 0 Å². The first kappa shape index (κ1) is 15.6. The van der Waals surface area contributed by atoms with E-state index in [9.17, 15) is 4.79 Å². The molecule has 0 bridgehead atoms. The predicted octanol–water partition coefficient (Wildman–Crippen LogP) is 2.82. The molecule has 1 aromatic heterocycles. The molecule has 125 valence electrons. The van der Waals surface area contributed by atoms with Crippen molar-refractivity contribution in [2.75, 3.05) is 6.54 Å². The highest BCUT2D eigenvalue weighted by Crippen LogP contribution is 2.32. The van der Waals surface area contributed by atoms with Crippen molar-refractivity contribution in [2.24, 2.45) is 5.92 Å². The zero-order valence-corrected chi connectivity index (χ0v) is 13.9. The number of hydrogen-bond acceptors (Lipinski definition) is 3. The van der Waals surface area contributed by atoms with Gasteiger partial charge in [0.15, 0.2) is 0 Å². The average Bonchev–Trinajstić information content (AvgIpc) is 3.03. The molecule has 1 saturated heterocycles. The third-order valence-corrected chi connectivity index (χ3v) is 5.37. The molecule has 1 saturated carbocycles. The van der Waals surface area contributed by atoms with E-state index < -0.39 is 0 Å². The van der Waals surface area contributed by atoms with E-state index in [0.29, 0.717) is 24.3 Å². The lowest BCUT2D eigenvalue weighted by molar-refractivity contribution is -0.117. The van der Waals surface area contributed by atoms with Crippen molar-refractivity contribution < 1.29 is 4.79 Å². The van der Waals surface area contributed by atoms with Crippen LogP contribution in [0.4, 0.5) is 0 Å². The summed E-state index contributed by atoms with van der Waals surface area (Å²) in [7, 11) is 0. The summed E-state index contributed by atoms with van der Waals surface area (Å²) >= 11 is 0. The van der Waals surface area contributed by atoms with Crippen LogP contribution in [0.2, 0.25) is 0 Å². The van der Waals surface area contributed by atoms with Crippen LogP contribution in [0, 0.1) is 12.3 Å². The normalized spacial score (nSPS) is 26.2. The lowest BCUT2D eigenvalue weighted by Gasteiger charge is -2.24. The molecule has 4 heteroatoms. The molecule has 3 atom stereocenters. The van der Waals surface area contributed by atoms with Gasteiger partial charge in [0, 0.05) is 24.0 Å². The fourth-order valence-electron chi connectivity index (χ4n) is 4.16. The highest BCUT2D eigenvalue weighted by Gasteiger charge is 2.34. The van der Waals surface area contributed by atoms with E-state index in [2.05, 4.69) is 15.6 Å². The minimum absolute atomic E-state index is 0.0607. The lowest BCUT2D eigenvalue weighted by atomic mass is 9.85. The van der Waals surface area contributed by atoms with E-state index in [1.165, 1.54) is 32.1 Å². The van der Waals surface area contributed by atoms with Crippen molar-refractivity contribution in [1.29, 1.82) is 0 Å². The lowest BCUT2D eigenvalue weighted by Crippen LogP contribution is -2.40. The van der Waals surface area contributed by atoms with Gasteiger partial charge in [0.1, 0.15) is 0 Å². The van der Waals surface area contributed by atoms with Crippen LogP contribution in [0.15, 0.2) is 36.4 Å². The fourth-order valence-corrected chi connectivity index (χ4v) is 4.16. The van der Waals surface area contributed by atoms with Gasteiger partial charge >= 0.3 is 0 Å². The van der Waals surface area contributed by atoms with E-state index >= 15 is 0 Å². The van der Waals surface area contributed by atoms with Gasteiger partial charge in [0.25, 0.3) is 0 Å². The molecule has 1 aliphatic carbocycles. The van der Waals surface area contributed by atoms with Crippen molar-refractivity contribution in [1.82, 2.24) is 15.6 Å². The molecule has 2 heterocycles. The molecule has 0 unspecified atom stereocenters. The van der Waals surface area contributed by atoms with Crippen LogP contribution < -0.4 is 10.6 Å². The molecule has 2 aliphatic rings. The number of nitrogens with one attached hydrogen (secondary N) is 2. The number of rotatable bonds is 4. The summed E-state index contributed by atoms with van der Waals surface area (Å²) in [5.74, 6) is 0.751. The molecule has 1 aliphatic heterocycles. The Morgan fingerprint density at radius 2 is 2.08 bits per heavy atom. The summed E-state index contributed by atoms with van der Waals surface area (Å²) in [4.78, 5) is 16.7. The summed E-state index contributed by atoms with van der Waals surface area (Å²) in [6, 6.07) is 12.9. The highest BCUT2D eigenvalue weighted by molar-refractivity contribution is 5.89. The van der Waals surface area contributed by atoms with Gasteiger partial charge in [-0.2, -0.15) is 0 Å². The van der Waals surface area contributed by atoms with Crippen molar-refractivity contribution in [3.63, 3.8) is 0 Å². The number of aromatic nitrogens is 1. The van der Waals surface area contributed by atoms with Crippen LogP contribution >= 0.6 is 0 Å². The third-order valence-electron chi connectivity index (χ3n) is 5.37. The summed E-state index contributed by atoms with van der Waals surface area (Å²) in [6.45, 7) is 0.704. The number of pyridine rings is 1. The fraction of sp³-hybridized carbons (Fsp3) is 0.450. The van der Waals surface area contributed by atoms with Crippen LogP contribution in [-0.2, 0) is 4.79 Å². The second-order valence-electron chi connectivity index (χ2n) is 7.07. The quantitative estimate of drug-likeness (QED) is 0.910. The van der Waals surface area contributed by atoms with Gasteiger partial charge in [0.05, 0.1) is 17.6 Å². The monoisotopic (exact) mass is 322 g/mol. The van der Waals surface area contributed by atoms with Crippen LogP contribution in [0.25, 0.3) is 10.9 Å². The van der Waals surface area contributed by atoms with Crippen LogP contribution in [0.3, 0.4) is 0 Å². The molecule has 1 aromatic carbocycles. The van der Waals surface area contributed by atoms with Gasteiger partial charge in [-0.25, -0.2) is 0 Å². The molecule has 2 N–H and O–H groups in total. The zero-order valence-electron chi connectivity index (χ0n) is 13.9. The topological polar surface area (TPSA) is 54.0 Å². The maximum atomic E-state index is 12.2. The van der Waals surface area contributed by atoms with Crippen LogP contribution in [0.5, 0.6) is 0 Å². The molecule has 4 rings (SSSR count). The van der Waals surface area contributed by atoms with Crippen molar-refractivity contribution in [3.8, 4) is 0 Å². The van der Waals surface area contributed by atoms with Gasteiger partial charge in [-0.3, -0.25) is 9.78 Å². The molecule has 2 aromatic rings. The Bertz CT molecular complexity index is 716. The molecule has 0 spiro atoms. The number of para-hydroxylation sites is 1. The van der Waals surface area contributed by atoms with Gasteiger partial charge in [-0.05, 0) is 37.3 Å². The summed E-state index contributed by atoms with van der Waals surface area (Å²) in [5, 5.41) is 7.82. The Balaban J connectivity index is 1.30. The van der Waals surface area contributed by atoms with E-state index in [1.807, 2.05) is 36.4 Å². The van der Waals surface area contributed by atoms with Gasteiger partial charge < -0.3 is 10.6 Å². The molecule has 24 heavy (non-hydrogen) atoms. The SMILES string of the molecule is O=C([CH]c1ccc2ccccc2n1)NC[C@@H]1C[C@@H]2CCCC[C@@H]2N1. The second kappa shape index (κ2) is 6.89. The van der Waals surface area contributed by atoms with E-state index in [-0.39, 0.29) is 5.91 Å². The number of benzene rings is 1. The van der Waals surface area contributed by atoms with Crippen LogP contribution in [0.1, 0.15) is 37.8 Å². The number of nitrogens with zero attached hydrogens (tertiary/aromatic N) is 1. The Morgan fingerprint density at radius 3 is 3.00 bits per heavy atom. The maximum Gasteiger partial charge on any atom is 0.230 e. The number of amides is 1. The smallest absolute Gasteiger partial charge is 0.230 e. The van der Waals surface area contributed by atoms with Crippen molar-refractivity contribution >= 4 is 16.8 Å². The third kappa shape index (κ3) is 3.44. The Hall–Kier alpha value is -1.94. The molecule has 1 radical (unpaired) electrons. The first-order chi connectivity index (χ1) is 11.8. The minimum Gasteiger partial charge on any atom is -0.354 e. The van der Waals surface area contributed by atoms with Gasteiger partial charge in [-0.1, -0.05) is 37.1 Å². The second-order valence-corrected chi connectivity index (χ2v) is 7.07. The largest absolute Gasteiger partial charge is 0.354 e. The summed E-state index contributed by atoms with van der Waals surface area (Å²) < 4.78 is 0. The number of carbonyl (C=O) groups excluding carboxylic acids is 1. The molecular weight excluding hydrogens is 298 g/mol. The number of hydrogen-bond donors (Lipinski definition) is 2. The van der Waals surface area contributed by atoms with Crippen molar-refractivity contribution in [2.45, 2.75) is 44.2 Å². The first-order valence-corrected chi connectivity index (χ1v) is 9.02. The van der Waals surface area contributed by atoms with E-state index in [0.717, 1.165) is 16.8 Å². The predicted molar refractivity (Wildman–Crippen MR) is 95.4 cm³/mol. The van der Waals surface area contributed by atoms with Gasteiger partial charge in [0.2, 0.25) is 5.91 Å². The zero-order chi connectivity index (χ0) is 16.4. The minimum atomic E-state index is -0.0607. The van der Waals surface area contributed by atoms with E-state index in [1.54, 1.807) is 6.42 Å². The number of fused-ring (bicyclic) bond motifs is 2. The summed E-state index contributed by atoms with van der Waals surface area (Å²) in [5.41, 5.74) is 1.62. The Kier molecular flexibility index (Phi) is 4.48. The average molecular weight is 322 g/mol. The number of carbonyl (C=O) groups is 1. The van der Waals surface area contributed by atoms with Crippen LogP contribution in [-0.4, -0.2) is 29.5 Å². The standard InChI is InChI=1S/C20H24N3O/c24-20(12-16-10-9-14-5-1-3-7-18(14)22-16)21-13-17-11-15-6-2-4-8-19(15)23-17/h1,3,5,7,9-10,12,15,17,19,23H,2,4,6,8,11,13H2,(H,21,24)/t15-,17-,19-/m0/s1. The van der Waals surface area contributed by atoms with Crippen molar-refractivity contribution in [3.05, 3.63) is 48.5 Å². The maximum absolute atomic E-state index is 12.2. The van der Waals surface area contributed by atoms with Gasteiger partial charge in [-0.15, -0.1) is 0 Å². The Labute approximate surface area is 143 Å². The molecule has 1 amide bonds. The summed E-state index contributed by atoms with van der Waals surface area (Å²) in [6.07, 6.45) is 8.13.